The number of primary amides is 1. The fourth-order valence-corrected chi connectivity index (χ4v) is 1.89. The summed E-state index contributed by atoms with van der Waals surface area (Å²) < 4.78 is 0. The van der Waals surface area contributed by atoms with Gasteiger partial charge in [-0.3, -0.25) is 4.79 Å². The van der Waals surface area contributed by atoms with Gasteiger partial charge >= 0.3 is 0 Å². The second-order valence-corrected chi connectivity index (χ2v) is 3.65. The number of nitrogens with two attached hydrogens (primary N) is 1. The Bertz CT molecular complexity index is 339. The number of carbonyl (C=O) groups is 1. The van der Waals surface area contributed by atoms with Crippen LogP contribution in [-0.4, -0.2) is 31.6 Å². The lowest BCUT2D eigenvalue weighted by Crippen LogP contribution is -2.57. The van der Waals surface area contributed by atoms with E-state index in [4.69, 9.17) is 5.73 Å². The summed E-state index contributed by atoms with van der Waals surface area (Å²) in [5.41, 5.74) is 6.43. The minimum atomic E-state index is -0.272. The zero-order chi connectivity index (χ0) is 10.7. The normalized spacial score (nSPS) is 21.3. The van der Waals surface area contributed by atoms with E-state index >= 15 is 0 Å². The molecule has 80 valence electrons. The third kappa shape index (κ3) is 2.10. The van der Waals surface area contributed by atoms with Gasteiger partial charge in [-0.25, -0.2) is 0 Å². The van der Waals surface area contributed by atoms with Gasteiger partial charge < -0.3 is 16.0 Å². The van der Waals surface area contributed by atoms with Crippen LogP contribution in [0.1, 0.15) is 0 Å². The van der Waals surface area contributed by atoms with E-state index in [0.717, 1.165) is 18.8 Å². The molecular weight excluding hydrogens is 190 g/mol. The summed E-state index contributed by atoms with van der Waals surface area (Å²) in [5.74, 6) is -0.272. The van der Waals surface area contributed by atoms with Crippen LogP contribution in [0.25, 0.3) is 0 Å². The van der Waals surface area contributed by atoms with E-state index in [2.05, 4.69) is 10.2 Å². The fourth-order valence-electron chi connectivity index (χ4n) is 1.89. The maximum Gasteiger partial charge on any atom is 0.241 e. The predicted octanol–water partition coefficient (Wildman–Crippen LogP) is -0.0499. The molecule has 1 atom stereocenters. The van der Waals surface area contributed by atoms with Gasteiger partial charge in [-0.15, -0.1) is 0 Å². The highest BCUT2D eigenvalue weighted by atomic mass is 16.1. The zero-order valence-corrected chi connectivity index (χ0v) is 8.52. The van der Waals surface area contributed by atoms with E-state index in [1.165, 1.54) is 0 Å². The zero-order valence-electron chi connectivity index (χ0n) is 8.52. The number of hydrogen-bond acceptors (Lipinski definition) is 3. The van der Waals surface area contributed by atoms with Crippen molar-refractivity contribution in [2.45, 2.75) is 6.04 Å². The molecule has 0 aromatic heterocycles. The van der Waals surface area contributed by atoms with Crippen LogP contribution in [0.2, 0.25) is 0 Å². The van der Waals surface area contributed by atoms with Gasteiger partial charge in [0.15, 0.2) is 0 Å². The first-order valence-electron chi connectivity index (χ1n) is 5.11. The van der Waals surface area contributed by atoms with Gasteiger partial charge in [-0.1, -0.05) is 18.2 Å². The van der Waals surface area contributed by atoms with Crippen molar-refractivity contribution in [3.63, 3.8) is 0 Å². The molecule has 1 amide bonds. The van der Waals surface area contributed by atoms with Crippen molar-refractivity contribution in [1.29, 1.82) is 0 Å². The standard InChI is InChI=1S/C11H15N3O/c12-11(15)10-8-13-6-7-14(10)9-4-2-1-3-5-9/h1-5,10,13H,6-8H2,(H2,12,15)/t10-/m1/s1. The van der Waals surface area contributed by atoms with Crippen molar-refractivity contribution in [3.05, 3.63) is 30.3 Å². The van der Waals surface area contributed by atoms with Crippen LogP contribution < -0.4 is 16.0 Å². The van der Waals surface area contributed by atoms with Gasteiger partial charge in [0.1, 0.15) is 6.04 Å². The number of carbonyl (C=O) groups excluding carboxylic acids is 1. The molecule has 1 heterocycles. The summed E-state index contributed by atoms with van der Waals surface area (Å²) in [4.78, 5) is 13.3. The van der Waals surface area contributed by atoms with Crippen LogP contribution in [0.5, 0.6) is 0 Å². The first kappa shape index (κ1) is 9.98. The quantitative estimate of drug-likeness (QED) is 0.711. The monoisotopic (exact) mass is 205 g/mol. The van der Waals surface area contributed by atoms with Crippen molar-refractivity contribution in [3.8, 4) is 0 Å². The molecule has 0 saturated carbocycles. The van der Waals surface area contributed by atoms with Gasteiger partial charge in [-0.2, -0.15) is 0 Å². The Hall–Kier alpha value is -1.55. The Morgan fingerprint density at radius 3 is 2.80 bits per heavy atom. The second kappa shape index (κ2) is 4.31. The minimum absolute atomic E-state index is 0.235. The molecule has 3 N–H and O–H groups in total. The number of amides is 1. The van der Waals surface area contributed by atoms with Gasteiger partial charge in [0.25, 0.3) is 0 Å². The molecule has 1 aliphatic rings. The van der Waals surface area contributed by atoms with Gasteiger partial charge in [0.2, 0.25) is 5.91 Å². The molecule has 4 nitrogen and oxygen atoms in total. The molecule has 2 rings (SSSR count). The Kier molecular flexibility index (Phi) is 2.87. The summed E-state index contributed by atoms with van der Waals surface area (Å²) in [6, 6.07) is 9.67. The Labute approximate surface area is 89.1 Å². The van der Waals surface area contributed by atoms with E-state index in [9.17, 15) is 4.79 Å². The van der Waals surface area contributed by atoms with E-state index in [-0.39, 0.29) is 11.9 Å². The molecule has 1 aliphatic heterocycles. The van der Waals surface area contributed by atoms with Crippen molar-refractivity contribution >= 4 is 11.6 Å². The SMILES string of the molecule is NC(=O)[C@H]1CNCCN1c1ccccc1. The lowest BCUT2D eigenvalue weighted by molar-refractivity contribution is -0.119. The molecule has 0 bridgehead atoms. The number of nitrogens with zero attached hydrogens (tertiary/aromatic N) is 1. The molecule has 1 aromatic carbocycles. The first-order valence-corrected chi connectivity index (χ1v) is 5.11. The number of anilines is 1. The van der Waals surface area contributed by atoms with Crippen LogP contribution in [0, 0.1) is 0 Å². The van der Waals surface area contributed by atoms with Crippen molar-refractivity contribution in [1.82, 2.24) is 5.32 Å². The average Bonchev–Trinajstić information content (AvgIpc) is 2.30. The summed E-state index contributed by atoms with van der Waals surface area (Å²) in [7, 11) is 0. The fraction of sp³-hybridized carbons (Fsp3) is 0.364. The predicted molar refractivity (Wildman–Crippen MR) is 59.6 cm³/mol. The molecule has 0 aliphatic carbocycles. The highest BCUT2D eigenvalue weighted by molar-refractivity contribution is 5.84. The summed E-state index contributed by atoms with van der Waals surface area (Å²) in [5, 5.41) is 3.17. The molecule has 0 unspecified atom stereocenters. The number of piperazine rings is 1. The van der Waals surface area contributed by atoms with E-state index < -0.39 is 0 Å². The molecule has 1 fully saturated rings. The highest BCUT2D eigenvalue weighted by Gasteiger charge is 2.26. The van der Waals surface area contributed by atoms with E-state index in [1.54, 1.807) is 0 Å². The first-order chi connectivity index (χ1) is 7.29. The van der Waals surface area contributed by atoms with Crippen molar-refractivity contribution in [2.75, 3.05) is 24.5 Å². The lowest BCUT2D eigenvalue weighted by Gasteiger charge is -2.35. The number of benzene rings is 1. The van der Waals surface area contributed by atoms with Crippen molar-refractivity contribution < 1.29 is 4.79 Å². The topological polar surface area (TPSA) is 58.4 Å². The second-order valence-electron chi connectivity index (χ2n) is 3.65. The van der Waals surface area contributed by atoms with Crippen LogP contribution in [0.4, 0.5) is 5.69 Å². The summed E-state index contributed by atoms with van der Waals surface area (Å²) in [6.07, 6.45) is 0. The molecule has 4 heteroatoms. The van der Waals surface area contributed by atoms with Crippen LogP contribution >= 0.6 is 0 Å². The Morgan fingerprint density at radius 2 is 2.13 bits per heavy atom. The van der Waals surface area contributed by atoms with Crippen LogP contribution in [0.15, 0.2) is 30.3 Å². The molecule has 1 saturated heterocycles. The van der Waals surface area contributed by atoms with E-state index in [1.807, 2.05) is 30.3 Å². The summed E-state index contributed by atoms with van der Waals surface area (Å²) >= 11 is 0. The van der Waals surface area contributed by atoms with E-state index in [0.29, 0.717) is 6.54 Å². The number of para-hydroxylation sites is 1. The number of hydrogen-bond donors (Lipinski definition) is 2. The smallest absolute Gasteiger partial charge is 0.241 e. The summed E-state index contributed by atoms with van der Waals surface area (Å²) in [6.45, 7) is 2.33. The molecule has 0 spiro atoms. The molecular formula is C11H15N3O. The highest BCUT2D eigenvalue weighted by Crippen LogP contribution is 2.17. The molecule has 0 radical (unpaired) electrons. The molecule has 15 heavy (non-hydrogen) atoms. The van der Waals surface area contributed by atoms with Crippen LogP contribution in [0.3, 0.4) is 0 Å². The maximum atomic E-state index is 11.3. The third-order valence-corrected chi connectivity index (χ3v) is 2.66. The average molecular weight is 205 g/mol. The third-order valence-electron chi connectivity index (χ3n) is 2.66. The largest absolute Gasteiger partial charge is 0.368 e. The Morgan fingerprint density at radius 1 is 1.40 bits per heavy atom. The maximum absolute atomic E-state index is 11.3. The number of nitrogens with one attached hydrogen (secondary N) is 1. The number of rotatable bonds is 2. The van der Waals surface area contributed by atoms with Crippen LogP contribution in [-0.2, 0) is 4.79 Å². The minimum Gasteiger partial charge on any atom is -0.368 e. The Balaban J connectivity index is 2.22. The van der Waals surface area contributed by atoms with Crippen molar-refractivity contribution in [2.24, 2.45) is 5.73 Å². The van der Waals surface area contributed by atoms with Gasteiger partial charge in [0, 0.05) is 25.3 Å². The lowest BCUT2D eigenvalue weighted by atomic mass is 10.1. The van der Waals surface area contributed by atoms with Gasteiger partial charge in [-0.05, 0) is 12.1 Å². The van der Waals surface area contributed by atoms with Gasteiger partial charge in [0.05, 0.1) is 0 Å². The molecule has 1 aromatic rings.